The molecule has 0 saturated heterocycles. The lowest BCUT2D eigenvalue weighted by Gasteiger charge is -2.18. The zero-order valence-corrected chi connectivity index (χ0v) is 15.6. The summed E-state index contributed by atoms with van der Waals surface area (Å²) in [5.74, 6) is 0.821. The van der Waals surface area contributed by atoms with E-state index in [2.05, 4.69) is 15.6 Å². The Bertz CT molecular complexity index is 1020. The number of nitrogens with zero attached hydrogens (tertiary/aromatic N) is 1. The summed E-state index contributed by atoms with van der Waals surface area (Å²) in [7, 11) is 0. The molecule has 0 spiro atoms. The minimum absolute atomic E-state index is 0.153. The van der Waals surface area contributed by atoms with Crippen molar-refractivity contribution in [3.63, 3.8) is 0 Å². The maximum Gasteiger partial charge on any atom is 0.257 e. The molecule has 9 heteroatoms. The average Bonchev–Trinajstić information content (AvgIpc) is 3.05. The number of ether oxygens (including phenoxy) is 2. The van der Waals surface area contributed by atoms with Gasteiger partial charge >= 0.3 is 0 Å². The van der Waals surface area contributed by atoms with Crippen molar-refractivity contribution in [1.29, 1.82) is 0 Å². The van der Waals surface area contributed by atoms with E-state index >= 15 is 0 Å². The summed E-state index contributed by atoms with van der Waals surface area (Å²) >= 11 is 12.7. The molecule has 26 heavy (non-hydrogen) atoms. The van der Waals surface area contributed by atoms with Crippen LogP contribution < -0.4 is 20.1 Å². The molecule has 6 nitrogen and oxygen atoms in total. The van der Waals surface area contributed by atoms with Gasteiger partial charge in [0.05, 0.1) is 9.72 Å². The van der Waals surface area contributed by atoms with Crippen LogP contribution in [0.4, 0.5) is 5.13 Å². The molecule has 0 saturated carbocycles. The second-order valence-electron chi connectivity index (χ2n) is 5.37. The molecule has 1 aromatic heterocycles. The van der Waals surface area contributed by atoms with Gasteiger partial charge in [0.1, 0.15) is 18.7 Å². The van der Waals surface area contributed by atoms with E-state index in [1.54, 1.807) is 24.3 Å². The van der Waals surface area contributed by atoms with E-state index in [9.17, 15) is 4.79 Å². The summed E-state index contributed by atoms with van der Waals surface area (Å²) in [5.41, 5.74) is 1.12. The molecule has 3 aromatic rings. The van der Waals surface area contributed by atoms with Gasteiger partial charge in [-0.3, -0.25) is 10.1 Å². The van der Waals surface area contributed by atoms with Crippen LogP contribution in [0.3, 0.4) is 0 Å². The van der Waals surface area contributed by atoms with Gasteiger partial charge < -0.3 is 14.8 Å². The van der Waals surface area contributed by atoms with Crippen LogP contribution in [-0.2, 0) is 0 Å². The molecule has 0 fully saturated rings. The van der Waals surface area contributed by atoms with E-state index in [4.69, 9.17) is 33.3 Å². The average molecular weight is 406 g/mol. The van der Waals surface area contributed by atoms with Gasteiger partial charge in [-0.05, 0) is 42.5 Å². The maximum atomic E-state index is 12.4. The number of rotatable bonds is 2. The third-order valence-electron chi connectivity index (χ3n) is 3.62. The number of hydrogen-bond donors (Lipinski definition) is 2. The molecule has 0 radical (unpaired) electrons. The van der Waals surface area contributed by atoms with E-state index in [0.29, 0.717) is 45.9 Å². The fourth-order valence-corrected chi connectivity index (χ4v) is 3.88. The predicted octanol–water partition coefficient (Wildman–Crippen LogP) is 3.85. The number of anilines is 1. The molecule has 2 N–H and O–H groups in total. The fraction of sp³-hybridized carbons (Fsp3) is 0.118. The lowest BCUT2D eigenvalue weighted by molar-refractivity contribution is 0.0976. The molecule has 0 aliphatic carbocycles. The van der Waals surface area contributed by atoms with E-state index in [-0.39, 0.29) is 11.0 Å². The first-order valence-corrected chi connectivity index (χ1v) is 9.27. The third-order valence-corrected chi connectivity index (χ3v) is 5.07. The van der Waals surface area contributed by atoms with Crippen LogP contribution in [0.5, 0.6) is 11.5 Å². The third kappa shape index (κ3) is 3.44. The number of thiazole rings is 1. The molecule has 1 aliphatic heterocycles. The van der Waals surface area contributed by atoms with Gasteiger partial charge in [-0.2, -0.15) is 0 Å². The van der Waals surface area contributed by atoms with E-state index in [1.165, 1.54) is 11.3 Å². The predicted molar refractivity (Wildman–Crippen MR) is 106 cm³/mol. The van der Waals surface area contributed by atoms with Gasteiger partial charge in [0.15, 0.2) is 21.7 Å². The highest BCUT2D eigenvalue weighted by Crippen LogP contribution is 2.31. The Morgan fingerprint density at radius 3 is 2.81 bits per heavy atom. The number of aromatic nitrogens is 1. The molecule has 1 amide bonds. The van der Waals surface area contributed by atoms with Crippen molar-refractivity contribution in [2.75, 3.05) is 18.5 Å². The van der Waals surface area contributed by atoms with Gasteiger partial charge in [-0.15, -0.1) is 0 Å². The van der Waals surface area contributed by atoms with Crippen molar-refractivity contribution in [2.45, 2.75) is 0 Å². The highest BCUT2D eigenvalue weighted by Gasteiger charge is 2.16. The smallest absolute Gasteiger partial charge is 0.257 e. The Balaban J connectivity index is 1.45. The summed E-state index contributed by atoms with van der Waals surface area (Å²) in [6.07, 6.45) is 0. The summed E-state index contributed by atoms with van der Waals surface area (Å²) in [6.45, 7) is 0.955. The Kier molecular flexibility index (Phi) is 4.62. The van der Waals surface area contributed by atoms with Gasteiger partial charge in [-0.1, -0.05) is 29.0 Å². The quantitative estimate of drug-likeness (QED) is 0.631. The van der Waals surface area contributed by atoms with Gasteiger partial charge in [0, 0.05) is 5.56 Å². The number of thiocarbonyl (C=S) groups is 1. The lowest BCUT2D eigenvalue weighted by Crippen LogP contribution is -2.34. The van der Waals surface area contributed by atoms with Crippen LogP contribution in [0.25, 0.3) is 10.2 Å². The number of benzene rings is 2. The van der Waals surface area contributed by atoms with Crippen LogP contribution >= 0.6 is 35.2 Å². The highest BCUT2D eigenvalue weighted by molar-refractivity contribution is 7.80. The number of para-hydroxylation sites is 1. The summed E-state index contributed by atoms with van der Waals surface area (Å²) in [5, 5.41) is 6.82. The maximum absolute atomic E-state index is 12.4. The number of carbonyl (C=O) groups excluding carboxylic acids is 1. The van der Waals surface area contributed by atoms with Crippen molar-refractivity contribution < 1.29 is 14.3 Å². The Labute approximate surface area is 163 Å². The lowest BCUT2D eigenvalue weighted by atomic mass is 10.2. The zero-order chi connectivity index (χ0) is 18.1. The van der Waals surface area contributed by atoms with Gasteiger partial charge in [-0.25, -0.2) is 4.98 Å². The molecule has 2 heterocycles. The summed E-state index contributed by atoms with van der Waals surface area (Å²) in [4.78, 5) is 16.8. The zero-order valence-electron chi connectivity index (χ0n) is 13.2. The van der Waals surface area contributed by atoms with E-state index in [1.807, 2.05) is 12.1 Å². The Morgan fingerprint density at radius 2 is 2.00 bits per heavy atom. The molecular weight excluding hydrogens is 394 g/mol. The van der Waals surface area contributed by atoms with Crippen LogP contribution in [0.2, 0.25) is 5.02 Å². The standard InChI is InChI=1S/C17H12ClN3O3S2/c18-10-2-1-3-13-14(10)19-17(26-13)21-16(25)20-15(22)9-4-5-11-12(8-9)24-7-6-23-11/h1-5,8H,6-7H2,(H2,19,20,21,22,25). The highest BCUT2D eigenvalue weighted by atomic mass is 35.5. The first kappa shape index (κ1) is 17.0. The molecule has 132 valence electrons. The van der Waals surface area contributed by atoms with Crippen molar-refractivity contribution in [1.82, 2.24) is 10.3 Å². The molecule has 0 unspecified atom stereocenters. The first-order valence-electron chi connectivity index (χ1n) is 7.67. The van der Waals surface area contributed by atoms with Crippen LogP contribution in [0, 0.1) is 0 Å². The number of nitrogens with one attached hydrogen (secondary N) is 2. The number of halogens is 1. The van der Waals surface area contributed by atoms with Crippen LogP contribution in [0.1, 0.15) is 10.4 Å². The molecule has 1 aliphatic rings. The monoisotopic (exact) mass is 405 g/mol. The normalized spacial score (nSPS) is 12.7. The van der Waals surface area contributed by atoms with Crippen LogP contribution in [0.15, 0.2) is 36.4 Å². The first-order chi connectivity index (χ1) is 12.6. The number of fused-ring (bicyclic) bond motifs is 2. The van der Waals surface area contributed by atoms with Crippen molar-refractivity contribution in [3.8, 4) is 11.5 Å². The van der Waals surface area contributed by atoms with E-state index < -0.39 is 0 Å². The molecule has 0 atom stereocenters. The number of amides is 1. The number of carbonyl (C=O) groups is 1. The SMILES string of the molecule is O=C(NC(=S)Nc1nc2c(Cl)cccc2s1)c1ccc2c(c1)OCCO2. The second kappa shape index (κ2) is 7.06. The van der Waals surface area contributed by atoms with Crippen LogP contribution in [-0.4, -0.2) is 29.2 Å². The van der Waals surface area contributed by atoms with Gasteiger partial charge in [0.25, 0.3) is 5.91 Å². The molecule has 0 bridgehead atoms. The van der Waals surface area contributed by atoms with Crippen molar-refractivity contribution in [2.24, 2.45) is 0 Å². The minimum atomic E-state index is -0.349. The topological polar surface area (TPSA) is 72.5 Å². The summed E-state index contributed by atoms with van der Waals surface area (Å²) in [6, 6.07) is 10.5. The Hall–Kier alpha value is -2.42. The fourth-order valence-electron chi connectivity index (χ4n) is 2.46. The molecule has 2 aromatic carbocycles. The molecular formula is C17H12ClN3O3S2. The summed E-state index contributed by atoms with van der Waals surface area (Å²) < 4.78 is 11.9. The van der Waals surface area contributed by atoms with Gasteiger partial charge in [0.2, 0.25) is 0 Å². The Morgan fingerprint density at radius 1 is 1.19 bits per heavy atom. The van der Waals surface area contributed by atoms with Crippen molar-refractivity contribution in [3.05, 3.63) is 47.0 Å². The second-order valence-corrected chi connectivity index (χ2v) is 7.22. The largest absolute Gasteiger partial charge is 0.486 e. The number of hydrogen-bond acceptors (Lipinski definition) is 6. The van der Waals surface area contributed by atoms with E-state index in [0.717, 1.165) is 4.70 Å². The molecule has 4 rings (SSSR count). The minimum Gasteiger partial charge on any atom is -0.486 e. The van der Waals surface area contributed by atoms with Crippen molar-refractivity contribution >= 4 is 61.5 Å².